The quantitative estimate of drug-likeness (QED) is 0.726. The standard InChI is InChI=1S/C19H14N2O4S/c22-17(21-15-8-2-1-7-14(15)19(24)25)12-5-3-6-13(11-12)20-18(23)16-9-4-10-26-16/h1-11H,(H,20,23)(H,21,22)(H,24,25)/p-1. The van der Waals surface area contributed by atoms with Crippen molar-refractivity contribution in [3.8, 4) is 0 Å². The highest BCUT2D eigenvalue weighted by molar-refractivity contribution is 7.12. The van der Waals surface area contributed by atoms with E-state index in [2.05, 4.69) is 10.6 Å². The van der Waals surface area contributed by atoms with Gasteiger partial charge in [0.25, 0.3) is 11.8 Å². The van der Waals surface area contributed by atoms with Gasteiger partial charge in [0.1, 0.15) is 0 Å². The normalized spacial score (nSPS) is 10.2. The van der Waals surface area contributed by atoms with E-state index in [9.17, 15) is 19.5 Å². The number of anilines is 2. The third kappa shape index (κ3) is 3.96. The van der Waals surface area contributed by atoms with Crippen LogP contribution in [-0.4, -0.2) is 17.8 Å². The molecule has 0 bridgehead atoms. The molecule has 0 saturated carbocycles. The van der Waals surface area contributed by atoms with E-state index in [4.69, 9.17) is 0 Å². The number of nitrogens with one attached hydrogen (secondary N) is 2. The van der Waals surface area contributed by atoms with E-state index in [0.29, 0.717) is 10.6 Å². The van der Waals surface area contributed by atoms with Gasteiger partial charge in [-0.3, -0.25) is 9.59 Å². The van der Waals surface area contributed by atoms with Crippen molar-refractivity contribution in [2.24, 2.45) is 0 Å². The van der Waals surface area contributed by atoms with Gasteiger partial charge in [0.05, 0.1) is 16.5 Å². The van der Waals surface area contributed by atoms with Gasteiger partial charge in [-0.1, -0.05) is 30.3 Å². The molecule has 0 saturated heterocycles. The monoisotopic (exact) mass is 365 g/mol. The number of hydrogen-bond acceptors (Lipinski definition) is 5. The van der Waals surface area contributed by atoms with E-state index in [1.807, 2.05) is 0 Å². The molecule has 6 nitrogen and oxygen atoms in total. The van der Waals surface area contributed by atoms with Gasteiger partial charge < -0.3 is 20.5 Å². The largest absolute Gasteiger partial charge is 0.545 e. The number of benzene rings is 2. The second kappa shape index (κ2) is 7.62. The molecule has 1 aromatic heterocycles. The molecule has 0 atom stereocenters. The molecular formula is C19H13N2O4S-. The highest BCUT2D eigenvalue weighted by Gasteiger charge is 2.12. The van der Waals surface area contributed by atoms with Crippen molar-refractivity contribution in [1.29, 1.82) is 0 Å². The molecule has 2 amide bonds. The summed E-state index contributed by atoms with van der Waals surface area (Å²) in [6, 6.07) is 15.8. The van der Waals surface area contributed by atoms with Gasteiger partial charge in [-0.15, -0.1) is 11.3 Å². The molecule has 7 heteroatoms. The summed E-state index contributed by atoms with van der Waals surface area (Å²) < 4.78 is 0. The Kier molecular flexibility index (Phi) is 5.09. The van der Waals surface area contributed by atoms with Crippen molar-refractivity contribution in [2.45, 2.75) is 0 Å². The zero-order valence-corrected chi connectivity index (χ0v) is 14.2. The maximum absolute atomic E-state index is 12.4. The van der Waals surface area contributed by atoms with E-state index in [1.165, 1.54) is 29.5 Å². The summed E-state index contributed by atoms with van der Waals surface area (Å²) in [6.07, 6.45) is 0. The lowest BCUT2D eigenvalue weighted by Crippen LogP contribution is -2.24. The van der Waals surface area contributed by atoms with Crippen LogP contribution in [0.2, 0.25) is 0 Å². The maximum atomic E-state index is 12.4. The predicted octanol–water partition coefficient (Wildman–Crippen LogP) is 2.62. The third-order valence-electron chi connectivity index (χ3n) is 3.52. The smallest absolute Gasteiger partial charge is 0.265 e. The molecule has 0 aliphatic carbocycles. The lowest BCUT2D eigenvalue weighted by Gasteiger charge is -2.12. The number of hydrogen-bond donors (Lipinski definition) is 2. The summed E-state index contributed by atoms with van der Waals surface area (Å²) >= 11 is 1.31. The summed E-state index contributed by atoms with van der Waals surface area (Å²) in [4.78, 5) is 36.2. The predicted molar refractivity (Wildman–Crippen MR) is 97.4 cm³/mol. The molecule has 130 valence electrons. The molecule has 3 aromatic rings. The van der Waals surface area contributed by atoms with Crippen LogP contribution in [0.1, 0.15) is 30.4 Å². The number of para-hydroxylation sites is 1. The van der Waals surface area contributed by atoms with Gasteiger partial charge in [-0.2, -0.15) is 0 Å². The summed E-state index contributed by atoms with van der Waals surface area (Å²) in [6.45, 7) is 0. The van der Waals surface area contributed by atoms with E-state index in [1.54, 1.807) is 47.8 Å². The Morgan fingerprint density at radius 2 is 1.65 bits per heavy atom. The molecule has 2 N–H and O–H groups in total. The highest BCUT2D eigenvalue weighted by atomic mass is 32.1. The van der Waals surface area contributed by atoms with Crippen LogP contribution in [0.5, 0.6) is 0 Å². The summed E-state index contributed by atoms with van der Waals surface area (Å²) in [5, 5.41) is 18.2. The first-order valence-corrected chi connectivity index (χ1v) is 8.49. The number of carboxylic acids is 1. The summed E-state index contributed by atoms with van der Waals surface area (Å²) in [5.41, 5.74) is 0.778. The first-order valence-electron chi connectivity index (χ1n) is 7.61. The Hall–Kier alpha value is -3.45. The maximum Gasteiger partial charge on any atom is 0.265 e. The average Bonchev–Trinajstić information content (AvgIpc) is 3.17. The first kappa shape index (κ1) is 17.4. The van der Waals surface area contributed by atoms with Crippen LogP contribution in [0, 0.1) is 0 Å². The molecule has 0 unspecified atom stereocenters. The minimum Gasteiger partial charge on any atom is -0.545 e. The van der Waals surface area contributed by atoms with Crippen molar-refractivity contribution in [3.63, 3.8) is 0 Å². The molecule has 3 rings (SSSR count). The van der Waals surface area contributed by atoms with Gasteiger partial charge in [0, 0.05) is 16.8 Å². The van der Waals surface area contributed by atoms with Crippen LogP contribution in [0.4, 0.5) is 11.4 Å². The van der Waals surface area contributed by atoms with Crippen LogP contribution in [0.3, 0.4) is 0 Å². The number of carbonyl (C=O) groups excluding carboxylic acids is 3. The van der Waals surface area contributed by atoms with Crippen LogP contribution in [0.15, 0.2) is 66.0 Å². The van der Waals surface area contributed by atoms with Crippen LogP contribution in [0.25, 0.3) is 0 Å². The van der Waals surface area contributed by atoms with Gasteiger partial charge in [-0.25, -0.2) is 0 Å². The van der Waals surface area contributed by atoms with E-state index in [-0.39, 0.29) is 22.7 Å². The second-order valence-electron chi connectivity index (χ2n) is 5.30. The topological polar surface area (TPSA) is 98.3 Å². The number of carbonyl (C=O) groups is 3. The van der Waals surface area contributed by atoms with Crippen LogP contribution < -0.4 is 15.7 Å². The molecular weight excluding hydrogens is 352 g/mol. The van der Waals surface area contributed by atoms with Crippen molar-refractivity contribution in [2.75, 3.05) is 10.6 Å². The van der Waals surface area contributed by atoms with E-state index >= 15 is 0 Å². The van der Waals surface area contributed by atoms with Crippen molar-refractivity contribution in [1.82, 2.24) is 0 Å². The number of aromatic carboxylic acids is 1. The lowest BCUT2D eigenvalue weighted by atomic mass is 10.1. The molecule has 2 aromatic carbocycles. The van der Waals surface area contributed by atoms with Crippen LogP contribution >= 0.6 is 11.3 Å². The SMILES string of the molecule is O=C(Nc1ccccc1C(=O)[O-])c1cccc(NC(=O)c2cccs2)c1. The third-order valence-corrected chi connectivity index (χ3v) is 4.39. The molecule has 0 fully saturated rings. The number of rotatable bonds is 5. The number of thiophene rings is 1. The second-order valence-corrected chi connectivity index (χ2v) is 6.25. The first-order chi connectivity index (χ1) is 12.5. The highest BCUT2D eigenvalue weighted by Crippen LogP contribution is 2.18. The molecule has 1 heterocycles. The van der Waals surface area contributed by atoms with Crippen molar-refractivity contribution in [3.05, 3.63) is 82.0 Å². The Morgan fingerprint density at radius 3 is 2.38 bits per heavy atom. The van der Waals surface area contributed by atoms with Crippen molar-refractivity contribution < 1.29 is 19.5 Å². The molecule has 0 radical (unpaired) electrons. The minimum atomic E-state index is -1.38. The van der Waals surface area contributed by atoms with Gasteiger partial charge in [-0.05, 0) is 35.7 Å². The van der Waals surface area contributed by atoms with Crippen molar-refractivity contribution >= 4 is 40.5 Å². The Labute approximate surface area is 153 Å². The molecule has 26 heavy (non-hydrogen) atoms. The molecule has 0 spiro atoms. The minimum absolute atomic E-state index is 0.108. The fourth-order valence-electron chi connectivity index (χ4n) is 2.30. The van der Waals surface area contributed by atoms with Crippen LogP contribution in [-0.2, 0) is 0 Å². The zero-order valence-electron chi connectivity index (χ0n) is 13.4. The number of carboxylic acid groups (broad SMARTS) is 1. The van der Waals surface area contributed by atoms with E-state index in [0.717, 1.165) is 0 Å². The Balaban J connectivity index is 1.77. The average molecular weight is 365 g/mol. The number of amides is 2. The van der Waals surface area contributed by atoms with Gasteiger partial charge in [0.2, 0.25) is 0 Å². The Morgan fingerprint density at radius 1 is 0.846 bits per heavy atom. The molecule has 0 aliphatic rings. The van der Waals surface area contributed by atoms with Gasteiger partial charge >= 0.3 is 0 Å². The summed E-state index contributed by atoms with van der Waals surface area (Å²) in [7, 11) is 0. The fraction of sp³-hybridized carbons (Fsp3) is 0. The lowest BCUT2D eigenvalue weighted by molar-refractivity contribution is -0.254. The zero-order chi connectivity index (χ0) is 18.5. The summed E-state index contributed by atoms with van der Waals surface area (Å²) in [5.74, 6) is -2.14. The molecule has 0 aliphatic heterocycles. The van der Waals surface area contributed by atoms with E-state index < -0.39 is 11.9 Å². The Bertz CT molecular complexity index is 967. The van der Waals surface area contributed by atoms with Gasteiger partial charge in [0.15, 0.2) is 0 Å². The fourth-order valence-corrected chi connectivity index (χ4v) is 2.92.